The number of aromatic amines is 1. The summed E-state index contributed by atoms with van der Waals surface area (Å²) in [7, 11) is 0. The van der Waals surface area contributed by atoms with E-state index in [1.807, 2.05) is 13.8 Å². The van der Waals surface area contributed by atoms with Crippen molar-refractivity contribution in [1.29, 1.82) is 0 Å². The topological polar surface area (TPSA) is 126 Å². The van der Waals surface area contributed by atoms with Crippen LogP contribution in [0.2, 0.25) is 0 Å². The smallest absolute Gasteiger partial charge is 0.312 e. The fourth-order valence-corrected chi connectivity index (χ4v) is 1.32. The van der Waals surface area contributed by atoms with Crippen molar-refractivity contribution < 1.29 is 9.59 Å². The maximum Gasteiger partial charge on any atom is 0.312 e. The molecule has 1 heterocycles. The SMILES string of the molecule is CCC(C)C(NC(N)=O)C(=O)Nc1ncn[nH]1. The Morgan fingerprint density at radius 3 is 2.76 bits per heavy atom. The molecule has 0 bridgehead atoms. The van der Waals surface area contributed by atoms with Crippen molar-refractivity contribution in [2.75, 3.05) is 5.32 Å². The summed E-state index contributed by atoms with van der Waals surface area (Å²) in [5.41, 5.74) is 5.03. The predicted octanol–water partition coefficient (Wildman–Crippen LogP) is -0.174. The molecule has 8 nitrogen and oxygen atoms in total. The van der Waals surface area contributed by atoms with Gasteiger partial charge in [-0.1, -0.05) is 20.3 Å². The second-order valence-corrected chi connectivity index (χ2v) is 3.70. The number of hydrogen-bond donors (Lipinski definition) is 4. The standard InChI is InChI=1S/C9H16N6O2/c1-3-5(2)6(13-8(10)17)7(16)14-9-11-4-12-15-9/h4-6H,3H2,1-2H3,(H3,10,13,17)(H2,11,12,14,15,16). The highest BCUT2D eigenvalue weighted by Gasteiger charge is 2.25. The number of aromatic nitrogens is 3. The number of nitrogens with one attached hydrogen (secondary N) is 3. The first-order chi connectivity index (χ1) is 8.04. The summed E-state index contributed by atoms with van der Waals surface area (Å²) in [6, 6.07) is -1.43. The van der Waals surface area contributed by atoms with Crippen LogP contribution in [0.25, 0.3) is 0 Å². The molecule has 0 aromatic carbocycles. The van der Waals surface area contributed by atoms with Crippen LogP contribution in [0.4, 0.5) is 10.7 Å². The average Bonchev–Trinajstić information content (AvgIpc) is 2.77. The van der Waals surface area contributed by atoms with Crippen molar-refractivity contribution in [3.8, 4) is 0 Å². The third kappa shape index (κ3) is 3.74. The van der Waals surface area contributed by atoms with Crippen molar-refractivity contribution in [3.05, 3.63) is 6.33 Å². The fourth-order valence-electron chi connectivity index (χ4n) is 1.32. The highest BCUT2D eigenvalue weighted by Crippen LogP contribution is 2.09. The molecule has 1 aromatic heterocycles. The number of nitrogens with zero attached hydrogens (tertiary/aromatic N) is 2. The summed E-state index contributed by atoms with van der Waals surface area (Å²) in [6.45, 7) is 3.77. The molecule has 0 aliphatic carbocycles. The van der Waals surface area contributed by atoms with E-state index in [0.29, 0.717) is 0 Å². The number of nitrogens with two attached hydrogens (primary N) is 1. The highest BCUT2D eigenvalue weighted by molar-refractivity contribution is 5.95. The van der Waals surface area contributed by atoms with E-state index in [0.717, 1.165) is 6.42 Å². The molecule has 3 amide bonds. The lowest BCUT2D eigenvalue weighted by Crippen LogP contribution is -2.49. The lowest BCUT2D eigenvalue weighted by molar-refractivity contribution is -0.119. The Hall–Kier alpha value is -2.12. The number of anilines is 1. The first-order valence-corrected chi connectivity index (χ1v) is 5.26. The van der Waals surface area contributed by atoms with Gasteiger partial charge >= 0.3 is 6.03 Å². The van der Waals surface area contributed by atoms with Crippen LogP contribution in [0.1, 0.15) is 20.3 Å². The number of carbonyl (C=O) groups excluding carboxylic acids is 2. The molecule has 1 aromatic rings. The van der Waals surface area contributed by atoms with Gasteiger partial charge in [-0.15, -0.1) is 0 Å². The van der Waals surface area contributed by atoms with Crippen molar-refractivity contribution in [1.82, 2.24) is 20.5 Å². The Balaban J connectivity index is 2.68. The van der Waals surface area contributed by atoms with Crippen LogP contribution in [0.3, 0.4) is 0 Å². The Kier molecular flexibility index (Phi) is 4.44. The molecule has 0 radical (unpaired) electrons. The first kappa shape index (κ1) is 12.9. The molecule has 8 heteroatoms. The molecular formula is C9H16N6O2. The summed E-state index contributed by atoms with van der Waals surface area (Å²) >= 11 is 0. The van der Waals surface area contributed by atoms with Crippen LogP contribution in [-0.2, 0) is 4.79 Å². The Morgan fingerprint density at radius 2 is 2.29 bits per heavy atom. The maximum absolute atomic E-state index is 11.9. The van der Waals surface area contributed by atoms with E-state index in [1.54, 1.807) is 0 Å². The van der Waals surface area contributed by atoms with Crippen LogP contribution < -0.4 is 16.4 Å². The monoisotopic (exact) mass is 240 g/mol. The minimum Gasteiger partial charge on any atom is -0.352 e. The van der Waals surface area contributed by atoms with Gasteiger partial charge in [-0.05, 0) is 5.92 Å². The summed E-state index contributed by atoms with van der Waals surface area (Å²) < 4.78 is 0. The van der Waals surface area contributed by atoms with Crippen LogP contribution >= 0.6 is 0 Å². The normalized spacial score (nSPS) is 13.8. The first-order valence-electron chi connectivity index (χ1n) is 5.26. The number of H-pyrrole nitrogens is 1. The van der Waals surface area contributed by atoms with Crippen molar-refractivity contribution in [2.45, 2.75) is 26.3 Å². The van der Waals surface area contributed by atoms with Crippen molar-refractivity contribution >= 4 is 17.9 Å². The number of primary amides is 1. The Bertz CT molecular complexity index is 377. The molecule has 17 heavy (non-hydrogen) atoms. The van der Waals surface area contributed by atoms with Gasteiger partial charge in [0.1, 0.15) is 12.4 Å². The number of amides is 3. The summed E-state index contributed by atoms with van der Waals surface area (Å²) in [5.74, 6) is -0.185. The number of carbonyl (C=O) groups is 2. The zero-order valence-corrected chi connectivity index (χ0v) is 9.73. The molecule has 0 aliphatic rings. The molecule has 0 saturated heterocycles. The second kappa shape index (κ2) is 5.83. The van der Waals surface area contributed by atoms with Gasteiger partial charge in [0.05, 0.1) is 0 Å². The van der Waals surface area contributed by atoms with Crippen LogP contribution in [0.5, 0.6) is 0 Å². The van der Waals surface area contributed by atoms with E-state index < -0.39 is 12.1 Å². The van der Waals surface area contributed by atoms with Gasteiger partial charge in [0.15, 0.2) is 0 Å². The minimum absolute atomic E-state index is 0.0366. The number of urea groups is 1. The van der Waals surface area contributed by atoms with E-state index >= 15 is 0 Å². The fraction of sp³-hybridized carbons (Fsp3) is 0.556. The molecular weight excluding hydrogens is 224 g/mol. The quantitative estimate of drug-likeness (QED) is 0.569. The van der Waals surface area contributed by atoms with Gasteiger partial charge in [0.25, 0.3) is 0 Å². The van der Waals surface area contributed by atoms with Crippen LogP contribution in [-0.4, -0.2) is 33.2 Å². The second-order valence-electron chi connectivity index (χ2n) is 3.70. The summed E-state index contributed by atoms with van der Waals surface area (Å²) in [6.07, 6.45) is 2.00. The van der Waals surface area contributed by atoms with Crippen LogP contribution in [0, 0.1) is 5.92 Å². The van der Waals surface area contributed by atoms with Gasteiger partial charge < -0.3 is 11.1 Å². The molecule has 5 N–H and O–H groups in total. The summed E-state index contributed by atoms with van der Waals surface area (Å²) in [4.78, 5) is 26.5. The zero-order valence-electron chi connectivity index (χ0n) is 9.73. The van der Waals surface area contributed by atoms with E-state index in [2.05, 4.69) is 25.8 Å². The highest BCUT2D eigenvalue weighted by atomic mass is 16.2. The molecule has 0 spiro atoms. The average molecular weight is 240 g/mol. The molecule has 0 saturated carbocycles. The largest absolute Gasteiger partial charge is 0.352 e. The van der Waals surface area contributed by atoms with E-state index in [4.69, 9.17) is 5.73 Å². The predicted molar refractivity (Wildman–Crippen MR) is 61.0 cm³/mol. The Labute approximate surface area is 98.4 Å². The molecule has 2 unspecified atom stereocenters. The molecule has 1 rings (SSSR count). The van der Waals surface area contributed by atoms with E-state index in [9.17, 15) is 9.59 Å². The Morgan fingerprint density at radius 1 is 1.59 bits per heavy atom. The molecule has 2 atom stereocenters. The van der Waals surface area contributed by atoms with Gasteiger partial charge in [0, 0.05) is 0 Å². The maximum atomic E-state index is 11.9. The number of hydrogen-bond acceptors (Lipinski definition) is 4. The number of rotatable bonds is 5. The lowest BCUT2D eigenvalue weighted by atomic mass is 9.98. The molecule has 94 valence electrons. The molecule has 0 aliphatic heterocycles. The van der Waals surface area contributed by atoms with Gasteiger partial charge in [-0.25, -0.2) is 9.89 Å². The lowest BCUT2D eigenvalue weighted by Gasteiger charge is -2.21. The van der Waals surface area contributed by atoms with E-state index in [-0.39, 0.29) is 17.8 Å². The third-order valence-corrected chi connectivity index (χ3v) is 2.45. The van der Waals surface area contributed by atoms with Gasteiger partial charge in [0.2, 0.25) is 11.9 Å². The minimum atomic E-state index is -0.733. The third-order valence-electron chi connectivity index (χ3n) is 2.45. The summed E-state index contributed by atoms with van der Waals surface area (Å²) in [5, 5.41) is 11.0. The molecule has 0 fully saturated rings. The van der Waals surface area contributed by atoms with E-state index in [1.165, 1.54) is 6.33 Å². The van der Waals surface area contributed by atoms with Gasteiger partial charge in [-0.2, -0.15) is 10.1 Å². The zero-order chi connectivity index (χ0) is 12.8. The van der Waals surface area contributed by atoms with Crippen LogP contribution in [0.15, 0.2) is 6.33 Å². The van der Waals surface area contributed by atoms with Crippen molar-refractivity contribution in [2.24, 2.45) is 11.7 Å². The van der Waals surface area contributed by atoms with Gasteiger partial charge in [-0.3, -0.25) is 10.1 Å². The van der Waals surface area contributed by atoms with Crippen molar-refractivity contribution in [3.63, 3.8) is 0 Å².